The predicted molar refractivity (Wildman–Crippen MR) is 64.1 cm³/mol. The van der Waals surface area contributed by atoms with E-state index in [1.807, 2.05) is 5.32 Å². The van der Waals surface area contributed by atoms with Crippen molar-refractivity contribution in [2.24, 2.45) is 0 Å². The van der Waals surface area contributed by atoms with Crippen molar-refractivity contribution in [3.8, 4) is 0 Å². The van der Waals surface area contributed by atoms with Crippen LogP contribution in [0.1, 0.15) is 10.4 Å². The first kappa shape index (κ1) is 14.4. The summed E-state index contributed by atoms with van der Waals surface area (Å²) in [6.07, 6.45) is -2.64. The topological polar surface area (TPSA) is 78.4 Å². The SMILES string of the molecule is O=C(NCC(F)F)Nc1ccc(Br)c(C(=O)O)c1. The fourth-order valence-corrected chi connectivity index (χ4v) is 1.53. The van der Waals surface area contributed by atoms with Gasteiger partial charge in [0.05, 0.1) is 12.1 Å². The summed E-state index contributed by atoms with van der Waals surface area (Å²) < 4.78 is 24.0. The molecule has 5 nitrogen and oxygen atoms in total. The third kappa shape index (κ3) is 4.28. The van der Waals surface area contributed by atoms with E-state index in [-0.39, 0.29) is 11.3 Å². The molecule has 1 aromatic carbocycles. The molecule has 0 unspecified atom stereocenters. The average molecular weight is 323 g/mol. The highest BCUT2D eigenvalue weighted by atomic mass is 79.9. The zero-order chi connectivity index (χ0) is 13.7. The zero-order valence-electron chi connectivity index (χ0n) is 8.91. The van der Waals surface area contributed by atoms with Crippen LogP contribution in [0.4, 0.5) is 19.3 Å². The highest BCUT2D eigenvalue weighted by molar-refractivity contribution is 9.10. The van der Waals surface area contributed by atoms with E-state index in [1.165, 1.54) is 18.2 Å². The van der Waals surface area contributed by atoms with Gasteiger partial charge in [-0.2, -0.15) is 0 Å². The summed E-state index contributed by atoms with van der Waals surface area (Å²) in [5.41, 5.74) is 0.157. The number of urea groups is 1. The number of hydrogen-bond acceptors (Lipinski definition) is 2. The maximum Gasteiger partial charge on any atom is 0.336 e. The lowest BCUT2D eigenvalue weighted by Crippen LogP contribution is -2.32. The number of amides is 2. The Labute approximate surface area is 109 Å². The second kappa shape index (κ2) is 6.29. The number of hydrogen-bond donors (Lipinski definition) is 3. The Morgan fingerprint density at radius 2 is 2.06 bits per heavy atom. The van der Waals surface area contributed by atoms with Gasteiger partial charge in [-0.1, -0.05) is 0 Å². The van der Waals surface area contributed by atoms with Gasteiger partial charge in [0.2, 0.25) is 0 Å². The Morgan fingerprint density at radius 1 is 1.39 bits per heavy atom. The quantitative estimate of drug-likeness (QED) is 0.797. The van der Waals surface area contributed by atoms with Crippen molar-refractivity contribution in [1.82, 2.24) is 5.32 Å². The number of alkyl halides is 2. The molecular weight excluding hydrogens is 314 g/mol. The van der Waals surface area contributed by atoms with Crippen LogP contribution in [0.2, 0.25) is 0 Å². The molecule has 0 radical (unpaired) electrons. The van der Waals surface area contributed by atoms with Crippen LogP contribution in [0.25, 0.3) is 0 Å². The van der Waals surface area contributed by atoms with Crippen LogP contribution >= 0.6 is 15.9 Å². The summed E-state index contributed by atoms with van der Waals surface area (Å²) in [5.74, 6) is -1.17. The molecule has 0 spiro atoms. The molecule has 2 amide bonds. The number of carboxylic acid groups (broad SMARTS) is 1. The third-order valence-corrected chi connectivity index (χ3v) is 2.56. The Balaban J connectivity index is 2.70. The average Bonchev–Trinajstić information content (AvgIpc) is 2.28. The number of aromatic carboxylic acids is 1. The molecular formula is C10H9BrF2N2O3. The first-order chi connectivity index (χ1) is 8.40. The van der Waals surface area contributed by atoms with Gasteiger partial charge in [0, 0.05) is 10.2 Å². The Kier molecular flexibility index (Phi) is 5.02. The molecule has 0 saturated heterocycles. The molecule has 1 aromatic rings. The van der Waals surface area contributed by atoms with Gasteiger partial charge in [-0.15, -0.1) is 0 Å². The number of anilines is 1. The Morgan fingerprint density at radius 3 is 2.61 bits per heavy atom. The van der Waals surface area contributed by atoms with Crippen LogP contribution < -0.4 is 10.6 Å². The van der Waals surface area contributed by atoms with Crippen molar-refractivity contribution in [1.29, 1.82) is 0 Å². The first-order valence-electron chi connectivity index (χ1n) is 4.76. The fraction of sp³-hybridized carbons (Fsp3) is 0.200. The van der Waals surface area contributed by atoms with E-state index in [2.05, 4.69) is 21.2 Å². The van der Waals surface area contributed by atoms with E-state index in [9.17, 15) is 18.4 Å². The maximum atomic E-state index is 11.8. The number of halogens is 3. The molecule has 3 N–H and O–H groups in total. The van der Waals surface area contributed by atoms with E-state index in [0.717, 1.165) is 0 Å². The van der Waals surface area contributed by atoms with E-state index in [0.29, 0.717) is 4.47 Å². The highest BCUT2D eigenvalue weighted by Gasteiger charge is 2.11. The van der Waals surface area contributed by atoms with Crippen molar-refractivity contribution in [3.05, 3.63) is 28.2 Å². The van der Waals surface area contributed by atoms with Gasteiger partial charge >= 0.3 is 12.0 Å². The third-order valence-electron chi connectivity index (χ3n) is 1.87. The van der Waals surface area contributed by atoms with Crippen LogP contribution in [0.5, 0.6) is 0 Å². The second-order valence-corrected chi connectivity index (χ2v) is 4.08. The van der Waals surface area contributed by atoms with E-state index in [4.69, 9.17) is 5.11 Å². The number of carbonyl (C=O) groups is 2. The summed E-state index contributed by atoms with van der Waals surface area (Å²) in [6.45, 7) is -0.770. The van der Waals surface area contributed by atoms with Gasteiger partial charge in [0.1, 0.15) is 0 Å². The standard InChI is InChI=1S/C10H9BrF2N2O3/c11-7-2-1-5(3-6(7)9(16)17)15-10(18)14-4-8(12)13/h1-3,8H,4H2,(H,16,17)(H2,14,15,18). The predicted octanol–water partition coefficient (Wildman–Crippen LogP) is 2.53. The fourth-order valence-electron chi connectivity index (χ4n) is 1.11. The van der Waals surface area contributed by atoms with Crippen LogP contribution in [-0.4, -0.2) is 30.1 Å². The minimum Gasteiger partial charge on any atom is -0.478 e. The Bertz CT molecular complexity index is 468. The van der Waals surface area contributed by atoms with Gasteiger partial charge in [0.25, 0.3) is 6.43 Å². The zero-order valence-corrected chi connectivity index (χ0v) is 10.5. The molecule has 0 aliphatic rings. The Hall–Kier alpha value is -1.70. The van der Waals surface area contributed by atoms with Crippen LogP contribution in [0.15, 0.2) is 22.7 Å². The molecule has 0 aliphatic carbocycles. The lowest BCUT2D eigenvalue weighted by molar-refractivity contribution is 0.0696. The molecule has 0 fully saturated rings. The van der Waals surface area contributed by atoms with Crippen LogP contribution in [0, 0.1) is 0 Å². The number of carbonyl (C=O) groups excluding carboxylic acids is 1. The highest BCUT2D eigenvalue weighted by Crippen LogP contribution is 2.21. The number of nitrogens with one attached hydrogen (secondary N) is 2. The largest absolute Gasteiger partial charge is 0.478 e. The van der Waals surface area contributed by atoms with Crippen LogP contribution in [-0.2, 0) is 0 Å². The van der Waals surface area contributed by atoms with Crippen LogP contribution in [0.3, 0.4) is 0 Å². The molecule has 0 aliphatic heterocycles. The van der Waals surface area contributed by atoms with Crippen molar-refractivity contribution in [2.45, 2.75) is 6.43 Å². The minimum absolute atomic E-state index is 0.0401. The van der Waals surface area contributed by atoms with Gasteiger partial charge in [0.15, 0.2) is 0 Å². The lowest BCUT2D eigenvalue weighted by Gasteiger charge is -2.08. The molecule has 18 heavy (non-hydrogen) atoms. The van der Waals surface area contributed by atoms with Crippen molar-refractivity contribution in [2.75, 3.05) is 11.9 Å². The molecule has 8 heteroatoms. The molecule has 1 rings (SSSR count). The lowest BCUT2D eigenvalue weighted by atomic mass is 10.2. The first-order valence-corrected chi connectivity index (χ1v) is 5.55. The number of carboxylic acids is 1. The number of rotatable bonds is 4. The van der Waals surface area contributed by atoms with Gasteiger partial charge in [-0.3, -0.25) is 0 Å². The minimum atomic E-state index is -2.64. The molecule has 0 saturated carbocycles. The molecule has 0 atom stereocenters. The maximum absolute atomic E-state index is 11.8. The molecule has 0 aromatic heterocycles. The molecule has 0 heterocycles. The van der Waals surface area contributed by atoms with Crippen molar-refractivity contribution in [3.63, 3.8) is 0 Å². The normalized spacial score (nSPS) is 10.2. The summed E-state index contributed by atoms with van der Waals surface area (Å²) >= 11 is 3.04. The summed E-state index contributed by atoms with van der Waals surface area (Å²) in [7, 11) is 0. The monoisotopic (exact) mass is 322 g/mol. The summed E-state index contributed by atoms with van der Waals surface area (Å²) in [5, 5.41) is 13.0. The van der Waals surface area contributed by atoms with E-state index in [1.54, 1.807) is 0 Å². The summed E-state index contributed by atoms with van der Waals surface area (Å²) in [6, 6.07) is 3.27. The van der Waals surface area contributed by atoms with E-state index >= 15 is 0 Å². The van der Waals surface area contributed by atoms with Crippen molar-refractivity contribution < 1.29 is 23.5 Å². The van der Waals surface area contributed by atoms with E-state index < -0.39 is 25.0 Å². The van der Waals surface area contributed by atoms with Gasteiger partial charge < -0.3 is 15.7 Å². The summed E-state index contributed by atoms with van der Waals surface area (Å²) in [4.78, 5) is 22.0. The smallest absolute Gasteiger partial charge is 0.336 e. The molecule has 98 valence electrons. The van der Waals surface area contributed by atoms with Crippen molar-refractivity contribution >= 4 is 33.6 Å². The second-order valence-electron chi connectivity index (χ2n) is 3.23. The molecule has 0 bridgehead atoms. The number of benzene rings is 1. The van der Waals surface area contributed by atoms with Gasteiger partial charge in [-0.05, 0) is 34.1 Å². The van der Waals surface area contributed by atoms with Gasteiger partial charge in [-0.25, -0.2) is 18.4 Å².